The molecule has 0 unspecified atom stereocenters. The molecule has 0 aliphatic carbocycles. The monoisotopic (exact) mass is 310 g/mol. The largest absolute Gasteiger partial charge is 0.497 e. The molecule has 0 spiro atoms. The van der Waals surface area contributed by atoms with Gasteiger partial charge in [-0.25, -0.2) is 4.39 Å². The molecule has 2 rings (SSSR count). The van der Waals surface area contributed by atoms with E-state index in [0.717, 1.165) is 18.2 Å². The molecule has 0 aliphatic heterocycles. The van der Waals surface area contributed by atoms with Crippen LogP contribution in [0.5, 0.6) is 5.75 Å². The van der Waals surface area contributed by atoms with E-state index in [9.17, 15) is 14.5 Å². The summed E-state index contributed by atoms with van der Waals surface area (Å²) in [5, 5.41) is 14.3. The lowest BCUT2D eigenvalue weighted by Gasteiger charge is -2.10. The minimum absolute atomic E-state index is 0.0704. The molecule has 21 heavy (non-hydrogen) atoms. The lowest BCUT2D eigenvalue weighted by Crippen LogP contribution is -2.04. The first-order valence-corrected chi connectivity index (χ1v) is 6.39. The maximum absolute atomic E-state index is 13.2. The summed E-state index contributed by atoms with van der Waals surface area (Å²) in [5.41, 5.74) is 0.636. The van der Waals surface area contributed by atoms with Crippen LogP contribution in [0.25, 0.3) is 0 Å². The van der Waals surface area contributed by atoms with Crippen molar-refractivity contribution in [2.45, 2.75) is 6.54 Å². The Kier molecular flexibility index (Phi) is 4.59. The number of benzene rings is 2. The fraction of sp³-hybridized carbons (Fsp3) is 0.143. The van der Waals surface area contributed by atoms with E-state index in [-0.39, 0.29) is 17.8 Å². The van der Waals surface area contributed by atoms with Crippen molar-refractivity contribution >= 4 is 23.0 Å². The Balaban J connectivity index is 2.24. The number of nitrogens with zero attached hydrogens (tertiary/aromatic N) is 1. The van der Waals surface area contributed by atoms with Gasteiger partial charge in [-0.1, -0.05) is 11.6 Å². The summed E-state index contributed by atoms with van der Waals surface area (Å²) in [5.74, 6) is 0.0600. The van der Waals surface area contributed by atoms with Gasteiger partial charge in [0.15, 0.2) is 0 Å². The molecule has 0 aliphatic rings. The number of anilines is 1. The summed E-state index contributed by atoms with van der Waals surface area (Å²) < 4.78 is 18.3. The third kappa shape index (κ3) is 3.61. The maximum atomic E-state index is 13.2. The highest BCUT2D eigenvalue weighted by Gasteiger charge is 2.14. The Morgan fingerprint density at radius 2 is 2.10 bits per heavy atom. The molecule has 0 bridgehead atoms. The minimum atomic E-state index is -0.552. The molecular formula is C14H12ClFN2O3. The molecule has 1 N–H and O–H groups in total. The molecule has 0 aromatic heterocycles. The van der Waals surface area contributed by atoms with E-state index < -0.39 is 10.7 Å². The lowest BCUT2D eigenvalue weighted by atomic mass is 10.1. The van der Waals surface area contributed by atoms with Gasteiger partial charge >= 0.3 is 0 Å². The van der Waals surface area contributed by atoms with Gasteiger partial charge in [-0.15, -0.1) is 0 Å². The molecule has 2 aromatic carbocycles. The molecule has 2 aromatic rings. The molecule has 0 amide bonds. The topological polar surface area (TPSA) is 64.4 Å². The van der Waals surface area contributed by atoms with Crippen LogP contribution in [0.1, 0.15) is 5.56 Å². The van der Waals surface area contributed by atoms with E-state index in [0.29, 0.717) is 16.5 Å². The Morgan fingerprint density at radius 3 is 2.76 bits per heavy atom. The van der Waals surface area contributed by atoms with Crippen molar-refractivity contribution in [3.63, 3.8) is 0 Å². The molecule has 0 radical (unpaired) electrons. The number of halogens is 2. The summed E-state index contributed by atoms with van der Waals surface area (Å²) >= 11 is 6.03. The zero-order chi connectivity index (χ0) is 15.4. The SMILES string of the molecule is COc1ccc(Cl)c(NCc2cc(F)ccc2[N+](=O)[O-])c1. The normalized spacial score (nSPS) is 10.2. The second kappa shape index (κ2) is 6.41. The Hall–Kier alpha value is -2.34. The van der Waals surface area contributed by atoms with Gasteiger partial charge in [-0.05, 0) is 24.3 Å². The van der Waals surface area contributed by atoms with E-state index in [1.54, 1.807) is 18.2 Å². The molecule has 110 valence electrons. The number of methoxy groups -OCH3 is 1. The lowest BCUT2D eigenvalue weighted by molar-refractivity contribution is -0.385. The third-order valence-electron chi connectivity index (χ3n) is 2.88. The van der Waals surface area contributed by atoms with Crippen molar-refractivity contribution in [2.75, 3.05) is 12.4 Å². The third-order valence-corrected chi connectivity index (χ3v) is 3.21. The van der Waals surface area contributed by atoms with Crippen LogP contribution >= 0.6 is 11.6 Å². The van der Waals surface area contributed by atoms with E-state index in [2.05, 4.69) is 5.32 Å². The van der Waals surface area contributed by atoms with Crippen molar-refractivity contribution in [3.05, 3.63) is 62.9 Å². The van der Waals surface area contributed by atoms with E-state index in [1.807, 2.05) is 0 Å². The van der Waals surface area contributed by atoms with E-state index >= 15 is 0 Å². The van der Waals surface area contributed by atoms with Crippen LogP contribution in [0.15, 0.2) is 36.4 Å². The van der Waals surface area contributed by atoms with Gasteiger partial charge in [-0.2, -0.15) is 0 Å². The van der Waals surface area contributed by atoms with Gasteiger partial charge in [-0.3, -0.25) is 10.1 Å². The number of nitrogens with one attached hydrogen (secondary N) is 1. The summed E-state index contributed by atoms with van der Waals surface area (Å²) in [4.78, 5) is 10.4. The second-order valence-corrected chi connectivity index (χ2v) is 4.64. The fourth-order valence-electron chi connectivity index (χ4n) is 1.83. The summed E-state index contributed by atoms with van der Waals surface area (Å²) in [6.45, 7) is 0.0704. The zero-order valence-corrected chi connectivity index (χ0v) is 11.9. The van der Waals surface area contributed by atoms with Crippen LogP contribution in [0.3, 0.4) is 0 Å². The standard InChI is InChI=1S/C14H12ClFN2O3/c1-21-11-3-4-12(15)13(7-11)17-8-9-6-10(16)2-5-14(9)18(19)20/h2-7,17H,8H2,1H3. The van der Waals surface area contributed by atoms with Crippen molar-refractivity contribution in [3.8, 4) is 5.75 Å². The van der Waals surface area contributed by atoms with Crippen molar-refractivity contribution in [1.82, 2.24) is 0 Å². The van der Waals surface area contributed by atoms with Crippen molar-refractivity contribution in [2.24, 2.45) is 0 Å². The van der Waals surface area contributed by atoms with Gasteiger partial charge in [0.1, 0.15) is 11.6 Å². The molecule has 0 atom stereocenters. The number of ether oxygens (including phenoxy) is 1. The number of hydrogen-bond acceptors (Lipinski definition) is 4. The van der Waals surface area contributed by atoms with Crippen LogP contribution < -0.4 is 10.1 Å². The van der Waals surface area contributed by atoms with Crippen LogP contribution in [0.2, 0.25) is 5.02 Å². The minimum Gasteiger partial charge on any atom is -0.497 e. The Labute approximate surface area is 125 Å². The number of nitro groups is 1. The Bertz CT molecular complexity index is 679. The molecule has 0 fully saturated rings. The van der Waals surface area contributed by atoms with Gasteiger partial charge in [0.05, 0.1) is 28.3 Å². The predicted molar refractivity (Wildman–Crippen MR) is 78.4 cm³/mol. The highest BCUT2D eigenvalue weighted by atomic mass is 35.5. The fourth-order valence-corrected chi connectivity index (χ4v) is 2.02. The first-order valence-electron chi connectivity index (χ1n) is 6.01. The van der Waals surface area contributed by atoms with Gasteiger partial charge in [0.25, 0.3) is 5.69 Å². The first kappa shape index (κ1) is 15.1. The predicted octanol–water partition coefficient (Wildman–Crippen LogP) is 4.01. The Morgan fingerprint density at radius 1 is 1.33 bits per heavy atom. The van der Waals surface area contributed by atoms with E-state index in [1.165, 1.54) is 7.11 Å². The second-order valence-electron chi connectivity index (χ2n) is 4.23. The average molecular weight is 311 g/mol. The van der Waals surface area contributed by atoms with Gasteiger partial charge in [0, 0.05) is 18.7 Å². The smallest absolute Gasteiger partial charge is 0.274 e. The van der Waals surface area contributed by atoms with Gasteiger partial charge < -0.3 is 10.1 Å². The molecule has 7 heteroatoms. The van der Waals surface area contributed by atoms with Crippen LogP contribution in [-0.2, 0) is 6.54 Å². The van der Waals surface area contributed by atoms with Crippen LogP contribution in [-0.4, -0.2) is 12.0 Å². The molecule has 0 heterocycles. The number of rotatable bonds is 5. The molecular weight excluding hydrogens is 299 g/mol. The number of nitro benzene ring substituents is 1. The highest BCUT2D eigenvalue weighted by Crippen LogP contribution is 2.28. The molecule has 5 nitrogen and oxygen atoms in total. The molecule has 0 saturated heterocycles. The highest BCUT2D eigenvalue weighted by molar-refractivity contribution is 6.33. The first-order chi connectivity index (χ1) is 10.0. The summed E-state index contributed by atoms with van der Waals surface area (Å²) in [6.07, 6.45) is 0. The average Bonchev–Trinajstić information content (AvgIpc) is 2.46. The molecule has 0 saturated carbocycles. The van der Waals surface area contributed by atoms with Crippen molar-refractivity contribution in [1.29, 1.82) is 0 Å². The van der Waals surface area contributed by atoms with E-state index in [4.69, 9.17) is 16.3 Å². The number of hydrogen-bond donors (Lipinski definition) is 1. The van der Waals surface area contributed by atoms with Crippen molar-refractivity contribution < 1.29 is 14.1 Å². The summed E-state index contributed by atoms with van der Waals surface area (Å²) in [7, 11) is 1.52. The maximum Gasteiger partial charge on any atom is 0.274 e. The zero-order valence-electron chi connectivity index (χ0n) is 11.1. The van der Waals surface area contributed by atoms with Crippen LogP contribution in [0.4, 0.5) is 15.8 Å². The quantitative estimate of drug-likeness (QED) is 0.669. The summed E-state index contributed by atoms with van der Waals surface area (Å²) in [6, 6.07) is 8.31. The van der Waals surface area contributed by atoms with Crippen LogP contribution in [0, 0.1) is 15.9 Å². The van der Waals surface area contributed by atoms with Gasteiger partial charge in [0.2, 0.25) is 0 Å².